The Labute approximate surface area is 74.8 Å². The number of hydrogen-bond acceptors (Lipinski definition) is 4. The third-order valence-corrected chi connectivity index (χ3v) is 1.48. The Bertz CT molecular complexity index is 298. The van der Waals surface area contributed by atoms with Gasteiger partial charge in [0.1, 0.15) is 0 Å². The maximum atomic E-state index is 10.2. The van der Waals surface area contributed by atoms with Crippen molar-refractivity contribution in [2.75, 3.05) is 0 Å². The van der Waals surface area contributed by atoms with Crippen molar-refractivity contribution in [3.05, 3.63) is 24.0 Å². The van der Waals surface area contributed by atoms with Crippen LogP contribution in [0.2, 0.25) is 0 Å². The summed E-state index contributed by atoms with van der Waals surface area (Å²) in [6, 6.07) is 2.87. The molecule has 0 atom stereocenters. The van der Waals surface area contributed by atoms with Crippen molar-refractivity contribution < 1.29 is 19.9 Å². The van der Waals surface area contributed by atoms with Crippen molar-refractivity contribution in [1.29, 1.82) is 0 Å². The van der Waals surface area contributed by atoms with Gasteiger partial charge in [0, 0.05) is 11.7 Å². The van der Waals surface area contributed by atoms with E-state index in [0.29, 0.717) is 5.69 Å². The smallest absolute Gasteiger partial charge is 0.481 e. The zero-order chi connectivity index (χ0) is 9.84. The molecule has 0 saturated heterocycles. The highest BCUT2D eigenvalue weighted by Crippen LogP contribution is 1.93. The molecule has 0 aliphatic rings. The molecule has 1 aromatic heterocycles. The van der Waals surface area contributed by atoms with Gasteiger partial charge in [-0.3, -0.25) is 9.78 Å². The summed E-state index contributed by atoms with van der Waals surface area (Å²) in [4.78, 5) is 14.0. The average molecular weight is 181 g/mol. The molecule has 0 amide bonds. The molecule has 0 fully saturated rings. The van der Waals surface area contributed by atoms with Crippen LogP contribution in [0.15, 0.2) is 18.3 Å². The number of nitrogens with zero attached hydrogens (tertiary/aromatic N) is 1. The zero-order valence-corrected chi connectivity index (χ0v) is 6.71. The number of carboxylic acids is 1. The lowest BCUT2D eigenvalue weighted by Crippen LogP contribution is -2.30. The Morgan fingerprint density at radius 3 is 2.54 bits per heavy atom. The molecule has 1 heterocycles. The lowest BCUT2D eigenvalue weighted by molar-refractivity contribution is -0.136. The summed E-state index contributed by atoms with van der Waals surface area (Å²) in [6.07, 6.45) is 1.07. The molecule has 0 saturated carbocycles. The Kier molecular flexibility index (Phi) is 3.00. The molecule has 3 N–H and O–H groups in total. The number of carbonyl (C=O) groups is 1. The van der Waals surface area contributed by atoms with Crippen molar-refractivity contribution in [2.45, 2.75) is 6.42 Å². The summed E-state index contributed by atoms with van der Waals surface area (Å²) in [7, 11) is -1.56. The third kappa shape index (κ3) is 2.85. The highest BCUT2D eigenvalue weighted by Gasteiger charge is 2.11. The van der Waals surface area contributed by atoms with Gasteiger partial charge in [0.2, 0.25) is 0 Å². The first-order valence-corrected chi connectivity index (χ1v) is 3.62. The fraction of sp³-hybridized carbons (Fsp3) is 0.143. The van der Waals surface area contributed by atoms with Crippen molar-refractivity contribution in [3.8, 4) is 0 Å². The van der Waals surface area contributed by atoms with Gasteiger partial charge in [0.05, 0.1) is 12.1 Å². The van der Waals surface area contributed by atoms with Gasteiger partial charge in [-0.2, -0.15) is 0 Å². The zero-order valence-electron chi connectivity index (χ0n) is 6.71. The number of aromatic nitrogens is 1. The van der Waals surface area contributed by atoms with Crippen LogP contribution in [0.25, 0.3) is 0 Å². The quantitative estimate of drug-likeness (QED) is 0.488. The maximum absolute atomic E-state index is 10.2. The largest absolute Gasteiger partial charge is 0.490 e. The third-order valence-electron chi connectivity index (χ3n) is 1.48. The Hall–Kier alpha value is -1.40. The summed E-state index contributed by atoms with van der Waals surface area (Å²) in [5.74, 6) is -0.968. The van der Waals surface area contributed by atoms with Gasteiger partial charge in [-0.1, -0.05) is 6.07 Å². The van der Waals surface area contributed by atoms with E-state index in [1.807, 2.05) is 0 Å². The van der Waals surface area contributed by atoms with Crippen LogP contribution in [0.5, 0.6) is 0 Å². The minimum absolute atomic E-state index is 0.165. The Morgan fingerprint density at radius 2 is 2.15 bits per heavy atom. The van der Waals surface area contributed by atoms with E-state index in [-0.39, 0.29) is 11.9 Å². The minimum Gasteiger partial charge on any atom is -0.481 e. The molecule has 0 aliphatic heterocycles. The van der Waals surface area contributed by atoms with E-state index < -0.39 is 13.1 Å². The molecule has 68 valence electrons. The molecule has 6 heteroatoms. The molecule has 0 spiro atoms. The SMILES string of the molecule is O=C(O)Cc1ccc(B(O)O)cn1. The highest BCUT2D eigenvalue weighted by molar-refractivity contribution is 6.58. The fourth-order valence-electron chi connectivity index (χ4n) is 0.848. The van der Waals surface area contributed by atoms with E-state index in [1.165, 1.54) is 18.3 Å². The maximum Gasteiger partial charge on any atom is 0.490 e. The van der Waals surface area contributed by atoms with Crippen LogP contribution in [-0.2, 0) is 11.2 Å². The molecule has 0 aliphatic carbocycles. The average Bonchev–Trinajstić information content (AvgIpc) is 2.04. The standard InChI is InChI=1S/C7H8BNO4/c10-7(11)3-6-2-1-5(4-9-6)8(12)13/h1-2,4,12-13H,3H2,(H,10,11). The lowest BCUT2D eigenvalue weighted by Gasteiger charge is -1.99. The second-order valence-corrected chi connectivity index (χ2v) is 2.53. The van der Waals surface area contributed by atoms with Gasteiger partial charge in [-0.05, 0) is 6.07 Å². The van der Waals surface area contributed by atoms with Gasteiger partial charge < -0.3 is 15.2 Å². The van der Waals surface area contributed by atoms with Crippen molar-refractivity contribution in [2.24, 2.45) is 0 Å². The Balaban J connectivity index is 2.75. The molecular weight excluding hydrogens is 173 g/mol. The van der Waals surface area contributed by atoms with E-state index in [9.17, 15) is 4.79 Å². The van der Waals surface area contributed by atoms with Crippen LogP contribution in [-0.4, -0.2) is 33.2 Å². The second-order valence-electron chi connectivity index (χ2n) is 2.53. The number of aliphatic carboxylic acids is 1. The summed E-state index contributed by atoms with van der Waals surface area (Å²) in [5, 5.41) is 25.8. The lowest BCUT2D eigenvalue weighted by atomic mass is 9.81. The summed E-state index contributed by atoms with van der Waals surface area (Å²) >= 11 is 0. The van der Waals surface area contributed by atoms with E-state index in [1.54, 1.807) is 0 Å². The fourth-order valence-corrected chi connectivity index (χ4v) is 0.848. The van der Waals surface area contributed by atoms with Crippen molar-refractivity contribution in [1.82, 2.24) is 4.98 Å². The van der Waals surface area contributed by atoms with E-state index in [2.05, 4.69) is 4.98 Å². The van der Waals surface area contributed by atoms with Crippen LogP contribution < -0.4 is 5.46 Å². The summed E-state index contributed by atoms with van der Waals surface area (Å²) in [5.41, 5.74) is 0.631. The van der Waals surface area contributed by atoms with E-state index >= 15 is 0 Å². The number of carboxylic acid groups (broad SMARTS) is 1. The van der Waals surface area contributed by atoms with Crippen molar-refractivity contribution in [3.63, 3.8) is 0 Å². The molecule has 5 nitrogen and oxygen atoms in total. The highest BCUT2D eigenvalue weighted by atomic mass is 16.4. The topological polar surface area (TPSA) is 90.7 Å². The molecule has 1 aromatic rings. The molecule has 13 heavy (non-hydrogen) atoms. The van der Waals surface area contributed by atoms with Crippen LogP contribution in [0.4, 0.5) is 0 Å². The molecule has 0 aromatic carbocycles. The van der Waals surface area contributed by atoms with Gasteiger partial charge >= 0.3 is 13.1 Å². The normalized spacial score (nSPS) is 9.69. The predicted molar refractivity (Wildman–Crippen MR) is 45.4 cm³/mol. The number of hydrogen-bond donors (Lipinski definition) is 3. The van der Waals surface area contributed by atoms with Gasteiger partial charge in [-0.15, -0.1) is 0 Å². The first-order valence-electron chi connectivity index (χ1n) is 3.62. The second kappa shape index (κ2) is 4.02. The van der Waals surface area contributed by atoms with E-state index in [4.69, 9.17) is 15.2 Å². The predicted octanol–water partition coefficient (Wildman–Crippen LogP) is -1.61. The number of rotatable bonds is 3. The first-order chi connectivity index (χ1) is 6.09. The number of pyridine rings is 1. The van der Waals surface area contributed by atoms with Crippen molar-refractivity contribution >= 4 is 18.6 Å². The molecular formula is C7H8BNO4. The van der Waals surface area contributed by atoms with Crippen LogP contribution >= 0.6 is 0 Å². The van der Waals surface area contributed by atoms with Gasteiger partial charge in [-0.25, -0.2) is 0 Å². The molecule has 1 rings (SSSR count). The summed E-state index contributed by atoms with van der Waals surface area (Å²) < 4.78 is 0. The van der Waals surface area contributed by atoms with Gasteiger partial charge in [0.25, 0.3) is 0 Å². The molecule has 0 unspecified atom stereocenters. The van der Waals surface area contributed by atoms with Gasteiger partial charge in [0.15, 0.2) is 0 Å². The molecule has 0 radical (unpaired) electrons. The minimum atomic E-state index is -1.56. The first kappa shape index (κ1) is 9.69. The summed E-state index contributed by atoms with van der Waals surface area (Å²) in [6.45, 7) is 0. The molecule has 0 bridgehead atoms. The van der Waals surface area contributed by atoms with Crippen LogP contribution in [0, 0.1) is 0 Å². The van der Waals surface area contributed by atoms with E-state index in [0.717, 1.165) is 0 Å². The van der Waals surface area contributed by atoms with Crippen LogP contribution in [0.3, 0.4) is 0 Å². The van der Waals surface area contributed by atoms with Crippen LogP contribution in [0.1, 0.15) is 5.69 Å². The monoisotopic (exact) mass is 181 g/mol. The Morgan fingerprint density at radius 1 is 1.46 bits per heavy atom.